The van der Waals surface area contributed by atoms with Crippen molar-refractivity contribution in [1.82, 2.24) is 4.90 Å². The first-order valence-electron chi connectivity index (χ1n) is 12.0. The largest absolute Gasteiger partial charge is 0.496 e. The highest BCUT2D eigenvalue weighted by Gasteiger charge is 2.60. The van der Waals surface area contributed by atoms with Crippen LogP contribution in [0.1, 0.15) is 79.1 Å². The van der Waals surface area contributed by atoms with Crippen LogP contribution in [0.15, 0.2) is 11.8 Å². The Balaban J connectivity index is 1.47. The van der Waals surface area contributed by atoms with Crippen LogP contribution in [0.4, 0.5) is 0 Å². The quantitative estimate of drug-likeness (QED) is 0.607. The second-order valence-corrected chi connectivity index (χ2v) is 10.6. The molecule has 0 aliphatic heterocycles. The third-order valence-electron chi connectivity index (χ3n) is 9.55. The van der Waals surface area contributed by atoms with Crippen molar-refractivity contribution in [1.29, 1.82) is 0 Å². The summed E-state index contributed by atoms with van der Waals surface area (Å²) in [4.78, 5) is 15.8. The molecule has 6 atom stereocenters. The van der Waals surface area contributed by atoms with Gasteiger partial charge in [0.15, 0.2) is 5.78 Å². The van der Waals surface area contributed by atoms with E-state index in [9.17, 15) is 4.79 Å². The van der Waals surface area contributed by atoms with Crippen molar-refractivity contribution >= 4 is 5.78 Å². The van der Waals surface area contributed by atoms with E-state index in [1.54, 1.807) is 0 Å². The predicted octanol–water partition coefficient (Wildman–Crippen LogP) is 5.45. The molecular formula is C25H41NO2. The van der Waals surface area contributed by atoms with Crippen LogP contribution in [-0.4, -0.2) is 36.9 Å². The number of ether oxygens (including phenoxy) is 1. The van der Waals surface area contributed by atoms with Crippen LogP contribution >= 0.6 is 0 Å². The molecule has 0 bridgehead atoms. The summed E-state index contributed by atoms with van der Waals surface area (Å²) in [6, 6.07) is 0. The molecule has 0 aromatic heterocycles. The number of rotatable bonds is 6. The summed E-state index contributed by atoms with van der Waals surface area (Å²) < 4.78 is 6.10. The Morgan fingerprint density at radius 2 is 1.86 bits per heavy atom. The molecule has 0 amide bonds. The SMILES string of the molecule is CCN(CC)CCOC1=CC(=O)[C@@]2(C)C(CC[C@H]3[C@@H]4CCC[C@@]4(C)CC[C@@H]32)C1. The summed E-state index contributed by atoms with van der Waals surface area (Å²) >= 11 is 0. The van der Waals surface area contributed by atoms with Gasteiger partial charge in [-0.1, -0.05) is 34.1 Å². The lowest BCUT2D eigenvalue weighted by atomic mass is 9.45. The van der Waals surface area contributed by atoms with E-state index in [2.05, 4.69) is 32.6 Å². The zero-order valence-electron chi connectivity index (χ0n) is 18.6. The third kappa shape index (κ3) is 3.26. The van der Waals surface area contributed by atoms with Gasteiger partial charge in [0.1, 0.15) is 6.61 Å². The molecule has 1 unspecified atom stereocenters. The number of carbonyl (C=O) groups is 1. The second kappa shape index (κ2) is 7.78. The number of likely N-dealkylation sites (N-methyl/N-ethyl adjacent to an activating group) is 1. The lowest BCUT2D eigenvalue weighted by Crippen LogP contribution is -2.55. The second-order valence-electron chi connectivity index (χ2n) is 10.6. The lowest BCUT2D eigenvalue weighted by Gasteiger charge is -2.58. The summed E-state index contributed by atoms with van der Waals surface area (Å²) in [5.74, 6) is 4.07. The van der Waals surface area contributed by atoms with E-state index >= 15 is 0 Å². The van der Waals surface area contributed by atoms with E-state index < -0.39 is 0 Å². The van der Waals surface area contributed by atoms with Crippen LogP contribution in [0.2, 0.25) is 0 Å². The fourth-order valence-corrected chi connectivity index (χ4v) is 7.67. The summed E-state index contributed by atoms with van der Waals surface area (Å²) in [5.41, 5.74) is 0.426. The number of hydrogen-bond acceptors (Lipinski definition) is 3. The molecule has 0 heterocycles. The van der Waals surface area contributed by atoms with Gasteiger partial charge < -0.3 is 9.64 Å². The number of hydrogen-bond donors (Lipinski definition) is 0. The van der Waals surface area contributed by atoms with Gasteiger partial charge in [0.25, 0.3) is 0 Å². The monoisotopic (exact) mass is 387 g/mol. The topological polar surface area (TPSA) is 29.5 Å². The number of ketones is 1. The standard InChI is InChI=1S/C25H41NO2/c1-5-26(6-2)14-15-28-19-16-18-9-10-20-21-8-7-12-24(21,3)13-11-22(20)25(18,4)23(27)17-19/h17-18,20-22H,5-16H2,1-4H3/t18?,20-,21-,22-,24-,25-/m0/s1. The molecule has 0 radical (unpaired) electrons. The average Bonchev–Trinajstić information content (AvgIpc) is 3.08. The van der Waals surface area contributed by atoms with E-state index in [0.717, 1.165) is 43.7 Å². The summed E-state index contributed by atoms with van der Waals surface area (Å²) in [7, 11) is 0. The first-order chi connectivity index (χ1) is 13.4. The molecule has 28 heavy (non-hydrogen) atoms. The Morgan fingerprint density at radius 1 is 1.07 bits per heavy atom. The maximum absolute atomic E-state index is 13.4. The first kappa shape index (κ1) is 20.4. The van der Waals surface area contributed by atoms with Gasteiger partial charge in [0.2, 0.25) is 0 Å². The molecule has 3 heteroatoms. The minimum absolute atomic E-state index is 0.140. The van der Waals surface area contributed by atoms with E-state index in [-0.39, 0.29) is 5.41 Å². The van der Waals surface area contributed by atoms with Gasteiger partial charge >= 0.3 is 0 Å². The zero-order chi connectivity index (χ0) is 19.9. The van der Waals surface area contributed by atoms with Gasteiger partial charge in [-0.05, 0) is 80.7 Å². The Morgan fingerprint density at radius 3 is 2.61 bits per heavy atom. The number of fused-ring (bicyclic) bond motifs is 5. The molecular weight excluding hydrogens is 346 g/mol. The smallest absolute Gasteiger partial charge is 0.165 e. The molecule has 4 rings (SSSR count). The molecule has 0 aromatic rings. The lowest BCUT2D eigenvalue weighted by molar-refractivity contribution is -0.146. The van der Waals surface area contributed by atoms with E-state index in [1.165, 1.54) is 44.9 Å². The highest BCUT2D eigenvalue weighted by molar-refractivity contribution is 5.96. The molecule has 4 aliphatic carbocycles. The van der Waals surface area contributed by atoms with Crippen LogP contribution in [0.3, 0.4) is 0 Å². The summed E-state index contributed by atoms with van der Waals surface area (Å²) in [6.07, 6.45) is 12.3. The predicted molar refractivity (Wildman–Crippen MR) is 114 cm³/mol. The van der Waals surface area contributed by atoms with Crippen molar-refractivity contribution < 1.29 is 9.53 Å². The maximum atomic E-state index is 13.4. The number of carbonyl (C=O) groups excluding carboxylic acids is 1. The third-order valence-corrected chi connectivity index (χ3v) is 9.55. The minimum Gasteiger partial charge on any atom is -0.496 e. The van der Waals surface area contributed by atoms with Crippen LogP contribution in [0, 0.1) is 34.5 Å². The molecule has 3 nitrogen and oxygen atoms in total. The Labute approximate surface area is 172 Å². The van der Waals surface area contributed by atoms with Crippen molar-refractivity contribution in [3.05, 3.63) is 11.8 Å². The number of allylic oxidation sites excluding steroid dienone is 2. The molecule has 0 saturated heterocycles. The molecule has 3 saturated carbocycles. The fraction of sp³-hybridized carbons (Fsp3) is 0.880. The van der Waals surface area contributed by atoms with Crippen molar-refractivity contribution in [2.24, 2.45) is 34.5 Å². The molecule has 0 aromatic carbocycles. The van der Waals surface area contributed by atoms with Gasteiger partial charge in [-0.3, -0.25) is 4.79 Å². The minimum atomic E-state index is -0.140. The Hall–Kier alpha value is -0.830. The number of nitrogens with zero attached hydrogens (tertiary/aromatic N) is 1. The van der Waals surface area contributed by atoms with E-state index in [4.69, 9.17) is 4.74 Å². The van der Waals surface area contributed by atoms with Crippen molar-refractivity contribution in [3.63, 3.8) is 0 Å². The molecule has 0 N–H and O–H groups in total. The Kier molecular flexibility index (Phi) is 5.68. The van der Waals surface area contributed by atoms with Gasteiger partial charge in [-0.25, -0.2) is 0 Å². The first-order valence-corrected chi connectivity index (χ1v) is 12.0. The van der Waals surface area contributed by atoms with Gasteiger partial charge in [0, 0.05) is 24.5 Å². The highest BCUT2D eigenvalue weighted by Crippen LogP contribution is 2.65. The fourth-order valence-electron chi connectivity index (χ4n) is 7.67. The normalized spacial score (nSPS) is 42.6. The van der Waals surface area contributed by atoms with Crippen LogP contribution in [0.25, 0.3) is 0 Å². The van der Waals surface area contributed by atoms with Gasteiger partial charge in [-0.2, -0.15) is 0 Å². The van der Waals surface area contributed by atoms with E-state index in [1.807, 2.05) is 6.08 Å². The van der Waals surface area contributed by atoms with Crippen molar-refractivity contribution in [2.75, 3.05) is 26.2 Å². The van der Waals surface area contributed by atoms with Gasteiger partial charge in [-0.15, -0.1) is 0 Å². The average molecular weight is 388 g/mol. The van der Waals surface area contributed by atoms with E-state index in [0.29, 0.717) is 29.6 Å². The summed E-state index contributed by atoms with van der Waals surface area (Å²) in [5, 5.41) is 0. The van der Waals surface area contributed by atoms with Gasteiger partial charge in [0.05, 0.1) is 5.76 Å². The summed E-state index contributed by atoms with van der Waals surface area (Å²) in [6.45, 7) is 13.0. The molecule has 0 spiro atoms. The molecule has 158 valence electrons. The van der Waals surface area contributed by atoms with Crippen LogP contribution in [0.5, 0.6) is 0 Å². The van der Waals surface area contributed by atoms with Crippen molar-refractivity contribution in [3.8, 4) is 0 Å². The molecule has 4 aliphatic rings. The van der Waals surface area contributed by atoms with Crippen LogP contribution in [-0.2, 0) is 9.53 Å². The van der Waals surface area contributed by atoms with Crippen LogP contribution < -0.4 is 0 Å². The zero-order valence-corrected chi connectivity index (χ0v) is 18.6. The molecule has 3 fully saturated rings. The Bertz CT molecular complexity index is 624. The van der Waals surface area contributed by atoms with Crippen molar-refractivity contribution in [2.45, 2.75) is 79.1 Å². The highest BCUT2D eigenvalue weighted by atomic mass is 16.5. The maximum Gasteiger partial charge on any atom is 0.165 e.